The Bertz CT molecular complexity index is 388. The Balaban J connectivity index is 2.48. The van der Waals surface area contributed by atoms with Gasteiger partial charge in [-0.3, -0.25) is 0 Å². The zero-order chi connectivity index (χ0) is 9.97. The molecule has 0 atom stereocenters. The van der Waals surface area contributed by atoms with Crippen LogP contribution < -0.4 is 5.32 Å². The van der Waals surface area contributed by atoms with Crippen molar-refractivity contribution in [2.75, 3.05) is 7.05 Å². The zero-order valence-corrected chi connectivity index (χ0v) is 8.51. The summed E-state index contributed by atoms with van der Waals surface area (Å²) < 4.78 is 0. The van der Waals surface area contributed by atoms with Gasteiger partial charge >= 0.3 is 0 Å². The molecule has 0 aromatic heterocycles. The van der Waals surface area contributed by atoms with Crippen LogP contribution in [0.15, 0.2) is 30.9 Å². The summed E-state index contributed by atoms with van der Waals surface area (Å²) in [5.41, 5.74) is 5.22. The number of benzene rings is 1. The summed E-state index contributed by atoms with van der Waals surface area (Å²) in [4.78, 5) is 0. The number of hydrogen-bond donors (Lipinski definition) is 1. The first-order valence-corrected chi connectivity index (χ1v) is 4.99. The molecule has 14 heavy (non-hydrogen) atoms. The van der Waals surface area contributed by atoms with E-state index in [9.17, 15) is 0 Å². The number of aryl methyl sites for hydroxylation is 1. The van der Waals surface area contributed by atoms with E-state index in [4.69, 9.17) is 0 Å². The first kappa shape index (κ1) is 9.07. The van der Waals surface area contributed by atoms with Crippen molar-refractivity contribution in [3.05, 3.63) is 47.5 Å². The highest BCUT2D eigenvalue weighted by molar-refractivity contribution is 5.70. The molecule has 1 N–H and O–H groups in total. The maximum absolute atomic E-state index is 3.79. The molecule has 2 rings (SSSR count). The van der Waals surface area contributed by atoms with E-state index in [2.05, 4.69) is 36.2 Å². The van der Waals surface area contributed by atoms with Crippen LogP contribution >= 0.6 is 0 Å². The second-order valence-corrected chi connectivity index (χ2v) is 3.53. The Morgan fingerprint density at radius 3 is 3.00 bits per heavy atom. The van der Waals surface area contributed by atoms with Crippen LogP contribution in [-0.4, -0.2) is 7.05 Å². The molecule has 0 fully saturated rings. The van der Waals surface area contributed by atoms with Crippen LogP contribution in [0, 0.1) is 0 Å². The van der Waals surface area contributed by atoms with E-state index >= 15 is 0 Å². The third kappa shape index (κ3) is 1.46. The monoisotopic (exact) mass is 185 g/mol. The Morgan fingerprint density at radius 2 is 2.29 bits per heavy atom. The summed E-state index contributed by atoms with van der Waals surface area (Å²) in [6.07, 6.45) is 6.43. The molecular weight excluding hydrogens is 170 g/mol. The highest BCUT2D eigenvalue weighted by Crippen LogP contribution is 2.25. The molecule has 1 aromatic carbocycles. The first-order valence-electron chi connectivity index (χ1n) is 4.99. The average Bonchev–Trinajstić information content (AvgIpc) is 2.27. The molecule has 0 saturated heterocycles. The van der Waals surface area contributed by atoms with Gasteiger partial charge in [0.05, 0.1) is 0 Å². The number of nitrogens with one attached hydrogen (secondary N) is 1. The van der Waals surface area contributed by atoms with Gasteiger partial charge < -0.3 is 5.32 Å². The van der Waals surface area contributed by atoms with Gasteiger partial charge in [0.2, 0.25) is 0 Å². The standard InChI is InChI=1S/C13H15N/c1-3-10-7-8-12-11(9-10)5-4-6-13(12)14-2/h3,6-9,14H,1,4-5H2,2H3. The minimum Gasteiger partial charge on any atom is -0.388 e. The molecular formula is C13H15N. The summed E-state index contributed by atoms with van der Waals surface area (Å²) in [7, 11) is 1.97. The molecule has 1 aliphatic rings. The lowest BCUT2D eigenvalue weighted by molar-refractivity contribution is 0.947. The molecule has 1 nitrogen and oxygen atoms in total. The Kier molecular flexibility index (Phi) is 2.40. The van der Waals surface area contributed by atoms with Gasteiger partial charge in [0.15, 0.2) is 0 Å². The lowest BCUT2D eigenvalue weighted by Gasteiger charge is -2.17. The van der Waals surface area contributed by atoms with E-state index in [-0.39, 0.29) is 0 Å². The molecule has 0 amide bonds. The number of fused-ring (bicyclic) bond motifs is 1. The summed E-state index contributed by atoms with van der Waals surface area (Å²) in [6.45, 7) is 3.79. The predicted molar refractivity (Wildman–Crippen MR) is 61.9 cm³/mol. The van der Waals surface area contributed by atoms with Crippen molar-refractivity contribution in [2.24, 2.45) is 0 Å². The third-order valence-corrected chi connectivity index (χ3v) is 2.69. The summed E-state index contributed by atoms with van der Waals surface area (Å²) in [5.74, 6) is 0. The average molecular weight is 185 g/mol. The minimum absolute atomic E-state index is 1.13. The van der Waals surface area contributed by atoms with Crippen LogP contribution in [0.3, 0.4) is 0 Å². The van der Waals surface area contributed by atoms with Crippen molar-refractivity contribution in [2.45, 2.75) is 12.8 Å². The van der Waals surface area contributed by atoms with Crippen LogP contribution in [-0.2, 0) is 6.42 Å². The highest BCUT2D eigenvalue weighted by Gasteiger charge is 2.10. The van der Waals surface area contributed by atoms with Gasteiger partial charge in [-0.2, -0.15) is 0 Å². The molecule has 72 valence electrons. The molecule has 1 aliphatic carbocycles. The van der Waals surface area contributed by atoms with Crippen molar-refractivity contribution in [1.82, 2.24) is 5.32 Å². The molecule has 1 heteroatoms. The van der Waals surface area contributed by atoms with Gasteiger partial charge in [0.1, 0.15) is 0 Å². The van der Waals surface area contributed by atoms with Crippen molar-refractivity contribution < 1.29 is 0 Å². The van der Waals surface area contributed by atoms with Crippen LogP contribution in [0.4, 0.5) is 0 Å². The molecule has 0 spiro atoms. The summed E-state index contributed by atoms with van der Waals surface area (Å²) in [6, 6.07) is 6.52. The van der Waals surface area contributed by atoms with Gasteiger partial charge in [0, 0.05) is 18.3 Å². The largest absolute Gasteiger partial charge is 0.388 e. The molecule has 0 bridgehead atoms. The maximum Gasteiger partial charge on any atom is 0.0373 e. The second kappa shape index (κ2) is 3.70. The van der Waals surface area contributed by atoms with Gasteiger partial charge in [-0.25, -0.2) is 0 Å². The van der Waals surface area contributed by atoms with E-state index in [1.54, 1.807) is 0 Å². The smallest absolute Gasteiger partial charge is 0.0373 e. The van der Waals surface area contributed by atoms with Gasteiger partial charge in [-0.1, -0.05) is 36.9 Å². The van der Waals surface area contributed by atoms with E-state index in [0.29, 0.717) is 0 Å². The topological polar surface area (TPSA) is 12.0 Å². The van der Waals surface area contributed by atoms with Crippen molar-refractivity contribution in [3.8, 4) is 0 Å². The summed E-state index contributed by atoms with van der Waals surface area (Å²) >= 11 is 0. The number of allylic oxidation sites excluding steroid dienone is 1. The maximum atomic E-state index is 3.79. The highest BCUT2D eigenvalue weighted by atomic mass is 14.8. The lowest BCUT2D eigenvalue weighted by Crippen LogP contribution is -2.10. The zero-order valence-electron chi connectivity index (χ0n) is 8.51. The molecule has 0 aliphatic heterocycles. The van der Waals surface area contributed by atoms with E-state index in [1.165, 1.54) is 22.4 Å². The Morgan fingerprint density at radius 1 is 1.43 bits per heavy atom. The van der Waals surface area contributed by atoms with Gasteiger partial charge in [-0.05, 0) is 24.0 Å². The number of rotatable bonds is 2. The van der Waals surface area contributed by atoms with Crippen molar-refractivity contribution >= 4 is 11.8 Å². The Labute approximate surface area is 85.2 Å². The molecule has 0 heterocycles. The SMILES string of the molecule is C=Cc1ccc2c(c1)CCC=C2NC. The first-order chi connectivity index (χ1) is 6.85. The molecule has 0 saturated carbocycles. The van der Waals surface area contributed by atoms with Crippen LogP contribution in [0.5, 0.6) is 0 Å². The second-order valence-electron chi connectivity index (χ2n) is 3.53. The third-order valence-electron chi connectivity index (χ3n) is 2.69. The van der Waals surface area contributed by atoms with Crippen LogP contribution in [0.25, 0.3) is 11.8 Å². The fraction of sp³-hybridized carbons (Fsp3) is 0.231. The van der Waals surface area contributed by atoms with Crippen molar-refractivity contribution in [1.29, 1.82) is 0 Å². The summed E-state index contributed by atoms with van der Waals surface area (Å²) in [5, 5.41) is 3.23. The van der Waals surface area contributed by atoms with E-state index in [1.807, 2.05) is 13.1 Å². The fourth-order valence-electron chi connectivity index (χ4n) is 1.93. The van der Waals surface area contributed by atoms with Crippen LogP contribution in [0.2, 0.25) is 0 Å². The van der Waals surface area contributed by atoms with Gasteiger partial charge in [-0.15, -0.1) is 0 Å². The number of hydrogen-bond acceptors (Lipinski definition) is 1. The van der Waals surface area contributed by atoms with Crippen LogP contribution in [0.1, 0.15) is 23.1 Å². The fourth-order valence-corrected chi connectivity index (χ4v) is 1.93. The predicted octanol–water partition coefficient (Wildman–Crippen LogP) is 2.84. The minimum atomic E-state index is 1.13. The van der Waals surface area contributed by atoms with E-state index in [0.717, 1.165) is 12.8 Å². The molecule has 1 aromatic rings. The molecule has 0 unspecified atom stereocenters. The Hall–Kier alpha value is -1.50. The van der Waals surface area contributed by atoms with Crippen molar-refractivity contribution in [3.63, 3.8) is 0 Å². The quantitative estimate of drug-likeness (QED) is 0.747. The normalized spacial score (nSPS) is 14.2. The van der Waals surface area contributed by atoms with Gasteiger partial charge in [0.25, 0.3) is 0 Å². The molecule has 0 radical (unpaired) electrons. The lowest BCUT2D eigenvalue weighted by atomic mass is 9.93. The van der Waals surface area contributed by atoms with E-state index < -0.39 is 0 Å².